The van der Waals surface area contributed by atoms with Gasteiger partial charge in [-0.3, -0.25) is 14.9 Å². The van der Waals surface area contributed by atoms with E-state index in [9.17, 15) is 4.79 Å². The molecule has 1 aliphatic rings. The van der Waals surface area contributed by atoms with E-state index < -0.39 is 0 Å². The van der Waals surface area contributed by atoms with Gasteiger partial charge in [-0.1, -0.05) is 6.07 Å². The smallest absolute Gasteiger partial charge is 0.269 e. The Hall–Kier alpha value is -3.15. The first-order valence-electron chi connectivity index (χ1n) is 8.29. The van der Waals surface area contributed by atoms with Crippen molar-refractivity contribution in [2.75, 3.05) is 13.2 Å². The molecule has 3 aromatic rings. The van der Waals surface area contributed by atoms with Gasteiger partial charge in [0, 0.05) is 36.8 Å². The lowest BCUT2D eigenvalue weighted by Gasteiger charge is -2.03. The molecule has 0 saturated heterocycles. The van der Waals surface area contributed by atoms with Crippen LogP contribution in [0.4, 0.5) is 0 Å². The zero-order valence-electron chi connectivity index (χ0n) is 13.7. The van der Waals surface area contributed by atoms with E-state index in [0.29, 0.717) is 18.7 Å². The van der Waals surface area contributed by atoms with E-state index in [-0.39, 0.29) is 5.91 Å². The van der Waals surface area contributed by atoms with Crippen LogP contribution in [0, 0.1) is 0 Å². The van der Waals surface area contributed by atoms with Crippen LogP contribution in [0.2, 0.25) is 0 Å². The molecule has 1 amide bonds. The number of carbonyl (C=O) groups is 1. The first-order valence-corrected chi connectivity index (χ1v) is 8.29. The number of ether oxygens (including phenoxy) is 1. The minimum atomic E-state index is -0.167. The Bertz CT molecular complexity index is 889. The highest BCUT2D eigenvalue weighted by Gasteiger charge is 2.15. The minimum Gasteiger partial charge on any atom is -0.493 e. The molecule has 0 unspecified atom stereocenters. The molecule has 2 aromatic heterocycles. The van der Waals surface area contributed by atoms with E-state index in [4.69, 9.17) is 4.74 Å². The van der Waals surface area contributed by atoms with Crippen LogP contribution in [-0.4, -0.2) is 34.2 Å². The minimum absolute atomic E-state index is 0.167. The fourth-order valence-corrected chi connectivity index (χ4v) is 2.88. The highest BCUT2D eigenvalue weighted by atomic mass is 16.5. The van der Waals surface area contributed by atoms with Crippen molar-refractivity contribution in [3.05, 3.63) is 65.6 Å². The number of hydrogen-bond donors (Lipinski definition) is 2. The number of benzene rings is 1. The van der Waals surface area contributed by atoms with Gasteiger partial charge in [0.25, 0.3) is 5.91 Å². The molecule has 1 aromatic carbocycles. The Labute approximate surface area is 145 Å². The number of carbonyl (C=O) groups excluding carboxylic acids is 1. The third kappa shape index (κ3) is 3.38. The summed E-state index contributed by atoms with van der Waals surface area (Å²) >= 11 is 0. The third-order valence-electron chi connectivity index (χ3n) is 4.20. The quantitative estimate of drug-likeness (QED) is 0.751. The molecule has 6 heteroatoms. The highest BCUT2D eigenvalue weighted by molar-refractivity contribution is 5.93. The Morgan fingerprint density at radius 3 is 3.08 bits per heavy atom. The summed E-state index contributed by atoms with van der Waals surface area (Å²) in [5.41, 5.74) is 4.32. The molecular formula is C19H18N4O2. The summed E-state index contributed by atoms with van der Waals surface area (Å²) in [5, 5.41) is 9.96. The molecule has 0 fully saturated rings. The lowest BCUT2D eigenvalue weighted by molar-refractivity contribution is 0.0949. The Kier molecular flexibility index (Phi) is 4.16. The summed E-state index contributed by atoms with van der Waals surface area (Å²) < 4.78 is 5.52. The van der Waals surface area contributed by atoms with Gasteiger partial charge >= 0.3 is 0 Å². The molecule has 126 valence electrons. The lowest BCUT2D eigenvalue weighted by atomic mass is 10.1. The van der Waals surface area contributed by atoms with Gasteiger partial charge in [0.05, 0.1) is 12.3 Å². The van der Waals surface area contributed by atoms with Gasteiger partial charge in [0.1, 0.15) is 11.4 Å². The van der Waals surface area contributed by atoms with Crippen LogP contribution in [0.1, 0.15) is 21.7 Å². The average molecular weight is 334 g/mol. The van der Waals surface area contributed by atoms with Crippen molar-refractivity contribution >= 4 is 5.91 Å². The van der Waals surface area contributed by atoms with E-state index >= 15 is 0 Å². The van der Waals surface area contributed by atoms with Crippen molar-refractivity contribution in [3.63, 3.8) is 0 Å². The van der Waals surface area contributed by atoms with Crippen LogP contribution in [-0.2, 0) is 12.8 Å². The topological polar surface area (TPSA) is 79.9 Å². The molecular weight excluding hydrogens is 316 g/mol. The summed E-state index contributed by atoms with van der Waals surface area (Å²) in [6.07, 6.45) is 3.35. The summed E-state index contributed by atoms with van der Waals surface area (Å²) in [4.78, 5) is 16.5. The number of hydrogen-bond acceptors (Lipinski definition) is 4. The fourth-order valence-electron chi connectivity index (χ4n) is 2.88. The second-order valence-electron chi connectivity index (χ2n) is 5.91. The highest BCUT2D eigenvalue weighted by Crippen LogP contribution is 2.29. The predicted octanol–water partition coefficient (Wildman–Crippen LogP) is 2.38. The second-order valence-corrected chi connectivity index (χ2v) is 5.91. The molecule has 0 bridgehead atoms. The number of pyridine rings is 1. The van der Waals surface area contributed by atoms with Gasteiger partial charge < -0.3 is 10.1 Å². The van der Waals surface area contributed by atoms with Crippen molar-refractivity contribution in [1.29, 1.82) is 0 Å². The number of rotatable bonds is 5. The summed E-state index contributed by atoms with van der Waals surface area (Å²) in [7, 11) is 0. The molecule has 3 heterocycles. The van der Waals surface area contributed by atoms with Crippen molar-refractivity contribution in [1.82, 2.24) is 20.5 Å². The van der Waals surface area contributed by atoms with Gasteiger partial charge in [0.15, 0.2) is 0 Å². The van der Waals surface area contributed by atoms with Gasteiger partial charge in [-0.25, -0.2) is 0 Å². The number of fused-ring (bicyclic) bond motifs is 1. The molecule has 0 spiro atoms. The Morgan fingerprint density at radius 1 is 1.24 bits per heavy atom. The molecule has 0 radical (unpaired) electrons. The molecule has 0 aliphatic carbocycles. The summed E-state index contributed by atoms with van der Waals surface area (Å²) in [6.45, 7) is 1.25. The SMILES string of the molecule is O=C(NCCc1ccccn1)c1cc(-c2ccc3c(c2)CCO3)n[nH]1. The summed E-state index contributed by atoms with van der Waals surface area (Å²) in [5.74, 6) is 0.769. The maximum absolute atomic E-state index is 12.2. The van der Waals surface area contributed by atoms with Crippen LogP contribution >= 0.6 is 0 Å². The normalized spacial score (nSPS) is 12.5. The number of nitrogens with one attached hydrogen (secondary N) is 2. The second kappa shape index (κ2) is 6.76. The standard InChI is InChI=1S/C19H18N4O2/c24-19(21-9-6-15-3-1-2-8-20-15)17-12-16(22-23-17)13-4-5-18-14(11-13)7-10-25-18/h1-5,8,11-12H,6-7,9-10H2,(H,21,24)(H,22,23). The van der Waals surface area contributed by atoms with Crippen LogP contribution < -0.4 is 10.1 Å². The predicted molar refractivity (Wildman–Crippen MR) is 93.5 cm³/mol. The molecule has 25 heavy (non-hydrogen) atoms. The molecule has 0 atom stereocenters. The molecule has 0 saturated carbocycles. The Morgan fingerprint density at radius 2 is 2.20 bits per heavy atom. The molecule has 2 N–H and O–H groups in total. The van der Waals surface area contributed by atoms with Crippen LogP contribution in [0.25, 0.3) is 11.3 Å². The van der Waals surface area contributed by atoms with E-state index in [1.807, 2.05) is 30.3 Å². The number of aromatic nitrogens is 3. The van der Waals surface area contributed by atoms with Crippen LogP contribution in [0.3, 0.4) is 0 Å². The van der Waals surface area contributed by atoms with Crippen molar-refractivity contribution in [2.45, 2.75) is 12.8 Å². The van der Waals surface area contributed by atoms with Gasteiger partial charge in [-0.15, -0.1) is 0 Å². The van der Waals surface area contributed by atoms with Crippen LogP contribution in [0.15, 0.2) is 48.7 Å². The van der Waals surface area contributed by atoms with E-state index in [1.54, 1.807) is 12.3 Å². The first kappa shape index (κ1) is 15.4. The van der Waals surface area contributed by atoms with Crippen molar-refractivity contribution in [2.24, 2.45) is 0 Å². The monoisotopic (exact) mass is 334 g/mol. The lowest BCUT2D eigenvalue weighted by Crippen LogP contribution is -2.26. The molecule has 4 rings (SSSR count). The zero-order chi connectivity index (χ0) is 17.1. The third-order valence-corrected chi connectivity index (χ3v) is 4.20. The largest absolute Gasteiger partial charge is 0.493 e. The van der Waals surface area contributed by atoms with Crippen LogP contribution in [0.5, 0.6) is 5.75 Å². The van der Waals surface area contributed by atoms with Gasteiger partial charge in [-0.05, 0) is 42.0 Å². The number of H-pyrrole nitrogens is 1. The Balaban J connectivity index is 1.39. The molecule has 6 nitrogen and oxygen atoms in total. The van der Waals surface area contributed by atoms with E-state index in [1.165, 1.54) is 5.56 Å². The van der Waals surface area contributed by atoms with Gasteiger partial charge in [-0.2, -0.15) is 5.10 Å². The van der Waals surface area contributed by atoms with Gasteiger partial charge in [0.2, 0.25) is 0 Å². The maximum Gasteiger partial charge on any atom is 0.269 e. The average Bonchev–Trinajstić information content (AvgIpc) is 3.31. The fraction of sp³-hybridized carbons (Fsp3) is 0.211. The maximum atomic E-state index is 12.2. The van der Waals surface area contributed by atoms with E-state index in [0.717, 1.165) is 35.7 Å². The number of nitrogens with zero attached hydrogens (tertiary/aromatic N) is 2. The van der Waals surface area contributed by atoms with Crippen molar-refractivity contribution < 1.29 is 9.53 Å². The number of amides is 1. The van der Waals surface area contributed by atoms with Crippen molar-refractivity contribution in [3.8, 4) is 17.0 Å². The van der Waals surface area contributed by atoms with E-state index in [2.05, 4.69) is 26.6 Å². The first-order chi connectivity index (χ1) is 12.3. The summed E-state index contributed by atoms with van der Waals surface area (Å²) in [6, 6.07) is 13.5. The number of aromatic amines is 1. The molecule has 1 aliphatic heterocycles. The zero-order valence-corrected chi connectivity index (χ0v) is 13.7.